The van der Waals surface area contributed by atoms with E-state index in [0.29, 0.717) is 10.0 Å². The van der Waals surface area contributed by atoms with Gasteiger partial charge in [-0.2, -0.15) is 13.2 Å². The van der Waals surface area contributed by atoms with Gasteiger partial charge < -0.3 is 11.1 Å². The minimum absolute atomic E-state index is 0.0264. The van der Waals surface area contributed by atoms with E-state index >= 15 is 0 Å². The standard InChI is InChI=1S/C13H13Cl2F3N6/c1-6(8-3-2-7(14)4-9(8)15)21-12(19)20-5-10-22-11(24-23-10)13(16,17)18/h2-4,6H,5H2,1H3,(H3,19,20,21)(H,22,23,24). The van der Waals surface area contributed by atoms with Crippen LogP contribution in [-0.2, 0) is 12.7 Å². The summed E-state index contributed by atoms with van der Waals surface area (Å²) in [5, 5.41) is 9.07. The molecule has 11 heteroatoms. The maximum Gasteiger partial charge on any atom is 0.453 e. The Kier molecular flexibility index (Phi) is 5.55. The fraction of sp³-hybridized carbons (Fsp3) is 0.308. The van der Waals surface area contributed by atoms with Crippen LogP contribution in [0.25, 0.3) is 0 Å². The predicted molar refractivity (Wildman–Crippen MR) is 84.7 cm³/mol. The number of hydrogen-bond donors (Lipinski definition) is 3. The summed E-state index contributed by atoms with van der Waals surface area (Å²) in [5.41, 5.74) is 6.47. The second-order valence-corrected chi connectivity index (χ2v) is 5.68. The van der Waals surface area contributed by atoms with Crippen LogP contribution in [0, 0.1) is 0 Å². The monoisotopic (exact) mass is 380 g/mol. The third-order valence-corrected chi connectivity index (χ3v) is 3.54. The first-order valence-electron chi connectivity index (χ1n) is 6.66. The lowest BCUT2D eigenvalue weighted by Gasteiger charge is -2.16. The molecule has 0 amide bonds. The van der Waals surface area contributed by atoms with Crippen LogP contribution in [0.2, 0.25) is 10.0 Å². The lowest BCUT2D eigenvalue weighted by atomic mass is 10.1. The lowest BCUT2D eigenvalue weighted by Crippen LogP contribution is -2.34. The average Bonchev–Trinajstić information content (AvgIpc) is 2.93. The highest BCUT2D eigenvalue weighted by Gasteiger charge is 2.35. The molecule has 1 aromatic carbocycles. The zero-order valence-electron chi connectivity index (χ0n) is 12.3. The lowest BCUT2D eigenvalue weighted by molar-refractivity contribution is -0.144. The van der Waals surface area contributed by atoms with Gasteiger partial charge in [-0.15, -0.1) is 5.10 Å². The van der Waals surface area contributed by atoms with Crippen LogP contribution in [0.4, 0.5) is 13.2 Å². The zero-order valence-corrected chi connectivity index (χ0v) is 13.8. The van der Waals surface area contributed by atoms with Gasteiger partial charge in [-0.1, -0.05) is 29.3 Å². The minimum Gasteiger partial charge on any atom is -0.370 e. The van der Waals surface area contributed by atoms with E-state index in [0.717, 1.165) is 5.56 Å². The van der Waals surface area contributed by atoms with E-state index in [1.807, 2.05) is 0 Å². The normalized spacial score (nSPS) is 13.8. The Balaban J connectivity index is 1.99. The van der Waals surface area contributed by atoms with Gasteiger partial charge in [0.1, 0.15) is 12.4 Å². The number of halogens is 5. The SMILES string of the molecule is CC(NC(N)=NCc1nc(C(F)(F)F)n[nH]1)c1ccc(Cl)cc1Cl. The fourth-order valence-corrected chi connectivity index (χ4v) is 2.42. The van der Waals surface area contributed by atoms with E-state index in [2.05, 4.69) is 25.5 Å². The van der Waals surface area contributed by atoms with Crippen LogP contribution in [0.15, 0.2) is 23.2 Å². The minimum atomic E-state index is -4.61. The Bertz CT molecular complexity index is 744. The van der Waals surface area contributed by atoms with Crippen LogP contribution in [0.1, 0.15) is 30.2 Å². The number of nitrogens with zero attached hydrogens (tertiary/aromatic N) is 3. The van der Waals surface area contributed by atoms with Gasteiger partial charge >= 0.3 is 6.18 Å². The van der Waals surface area contributed by atoms with Crippen molar-refractivity contribution in [2.75, 3.05) is 0 Å². The number of H-pyrrole nitrogens is 1. The third-order valence-electron chi connectivity index (χ3n) is 2.98. The summed E-state index contributed by atoms with van der Waals surface area (Å²) in [4.78, 5) is 7.21. The Morgan fingerprint density at radius 1 is 1.42 bits per heavy atom. The molecule has 0 aliphatic heterocycles. The molecule has 0 bridgehead atoms. The zero-order chi connectivity index (χ0) is 17.9. The number of aromatic nitrogens is 3. The summed E-state index contributed by atoms with van der Waals surface area (Å²) in [6, 6.07) is 4.74. The van der Waals surface area contributed by atoms with E-state index in [-0.39, 0.29) is 24.4 Å². The van der Waals surface area contributed by atoms with E-state index in [1.54, 1.807) is 25.1 Å². The fourth-order valence-electron chi connectivity index (χ4n) is 1.85. The van der Waals surface area contributed by atoms with Gasteiger partial charge in [-0.05, 0) is 24.6 Å². The number of aromatic amines is 1. The summed E-state index contributed by atoms with van der Waals surface area (Å²) in [7, 11) is 0. The molecular formula is C13H13Cl2F3N6. The molecule has 0 radical (unpaired) electrons. The first-order chi connectivity index (χ1) is 11.2. The second-order valence-electron chi connectivity index (χ2n) is 4.84. The van der Waals surface area contributed by atoms with E-state index < -0.39 is 12.0 Å². The molecule has 2 aromatic rings. The molecule has 2 rings (SSSR count). The van der Waals surface area contributed by atoms with Crippen molar-refractivity contribution in [3.05, 3.63) is 45.5 Å². The summed E-state index contributed by atoms with van der Waals surface area (Å²) >= 11 is 11.9. The molecule has 0 aliphatic carbocycles. The number of benzene rings is 1. The quantitative estimate of drug-likeness (QED) is 0.560. The van der Waals surface area contributed by atoms with Crippen molar-refractivity contribution in [2.45, 2.75) is 25.7 Å². The highest BCUT2D eigenvalue weighted by Crippen LogP contribution is 2.26. The second kappa shape index (κ2) is 7.27. The van der Waals surface area contributed by atoms with E-state index in [9.17, 15) is 13.2 Å². The number of hydrogen-bond acceptors (Lipinski definition) is 3. The molecule has 0 aliphatic rings. The maximum absolute atomic E-state index is 12.4. The summed E-state index contributed by atoms with van der Waals surface area (Å²) in [5.74, 6) is -1.27. The maximum atomic E-state index is 12.4. The van der Waals surface area contributed by atoms with E-state index in [4.69, 9.17) is 28.9 Å². The van der Waals surface area contributed by atoms with Crippen LogP contribution in [0.5, 0.6) is 0 Å². The van der Waals surface area contributed by atoms with Crippen molar-refractivity contribution >= 4 is 29.2 Å². The van der Waals surface area contributed by atoms with Gasteiger partial charge in [0.25, 0.3) is 5.82 Å². The van der Waals surface area contributed by atoms with Crippen molar-refractivity contribution in [1.29, 1.82) is 0 Å². The van der Waals surface area contributed by atoms with Crippen molar-refractivity contribution in [1.82, 2.24) is 20.5 Å². The smallest absolute Gasteiger partial charge is 0.370 e. The molecule has 0 spiro atoms. The van der Waals surface area contributed by atoms with Crippen molar-refractivity contribution < 1.29 is 13.2 Å². The Hall–Kier alpha value is -2.00. The van der Waals surface area contributed by atoms with Crippen LogP contribution >= 0.6 is 23.2 Å². The van der Waals surface area contributed by atoms with E-state index in [1.165, 1.54) is 0 Å². The van der Waals surface area contributed by atoms with Crippen molar-refractivity contribution in [3.63, 3.8) is 0 Å². The Morgan fingerprint density at radius 2 is 2.12 bits per heavy atom. The topological polar surface area (TPSA) is 92.0 Å². The van der Waals surface area contributed by atoms with Crippen molar-refractivity contribution in [2.24, 2.45) is 10.7 Å². The number of aliphatic imine (C=N–C) groups is 1. The molecular weight excluding hydrogens is 368 g/mol. The number of alkyl halides is 3. The molecule has 1 aromatic heterocycles. The van der Waals surface area contributed by atoms with Crippen LogP contribution in [0.3, 0.4) is 0 Å². The van der Waals surface area contributed by atoms with Gasteiger partial charge in [0.2, 0.25) is 0 Å². The average molecular weight is 381 g/mol. The largest absolute Gasteiger partial charge is 0.453 e. The van der Waals surface area contributed by atoms with Crippen LogP contribution < -0.4 is 11.1 Å². The first-order valence-corrected chi connectivity index (χ1v) is 7.42. The number of nitrogens with two attached hydrogens (primary N) is 1. The van der Waals surface area contributed by atoms with Gasteiger partial charge in [0.05, 0.1) is 6.04 Å². The van der Waals surface area contributed by atoms with Gasteiger partial charge in [0, 0.05) is 10.0 Å². The van der Waals surface area contributed by atoms with Crippen LogP contribution in [-0.4, -0.2) is 21.1 Å². The highest BCUT2D eigenvalue weighted by atomic mass is 35.5. The third kappa shape index (κ3) is 4.75. The molecule has 130 valence electrons. The van der Waals surface area contributed by atoms with Crippen molar-refractivity contribution in [3.8, 4) is 0 Å². The summed E-state index contributed by atoms with van der Waals surface area (Å²) in [6.07, 6.45) is -4.61. The molecule has 24 heavy (non-hydrogen) atoms. The number of rotatable bonds is 4. The predicted octanol–water partition coefficient (Wildman–Crippen LogP) is 3.30. The van der Waals surface area contributed by atoms with Gasteiger partial charge in [-0.3, -0.25) is 5.10 Å². The molecule has 0 fully saturated rings. The summed E-state index contributed by atoms with van der Waals surface area (Å²) in [6.45, 7) is 1.62. The van der Waals surface area contributed by atoms with Gasteiger partial charge in [-0.25, -0.2) is 9.98 Å². The number of guanidine groups is 1. The molecule has 0 saturated heterocycles. The highest BCUT2D eigenvalue weighted by molar-refractivity contribution is 6.35. The summed E-state index contributed by atoms with van der Waals surface area (Å²) < 4.78 is 37.2. The molecule has 1 atom stereocenters. The molecule has 1 unspecified atom stereocenters. The molecule has 4 N–H and O–H groups in total. The number of nitrogens with one attached hydrogen (secondary N) is 2. The molecule has 0 saturated carbocycles. The Morgan fingerprint density at radius 3 is 2.71 bits per heavy atom. The van der Waals surface area contributed by atoms with Gasteiger partial charge in [0.15, 0.2) is 5.96 Å². The first kappa shape index (κ1) is 18.3. The Labute approximate surface area is 145 Å². The molecule has 6 nitrogen and oxygen atoms in total. The molecule has 1 heterocycles.